The zero-order valence-corrected chi connectivity index (χ0v) is 12.1. The summed E-state index contributed by atoms with van der Waals surface area (Å²) in [4.78, 5) is 11.8. The summed E-state index contributed by atoms with van der Waals surface area (Å²) in [5, 5.41) is 0. The molecule has 0 saturated heterocycles. The summed E-state index contributed by atoms with van der Waals surface area (Å²) in [7, 11) is 0. The minimum atomic E-state index is 0.288. The van der Waals surface area contributed by atoms with Crippen molar-refractivity contribution < 1.29 is 4.79 Å². The first kappa shape index (κ1) is 15.9. The molecule has 0 atom stereocenters. The van der Waals surface area contributed by atoms with Crippen molar-refractivity contribution in [2.75, 3.05) is 0 Å². The predicted molar refractivity (Wildman–Crippen MR) is 82.3 cm³/mol. The van der Waals surface area contributed by atoms with Gasteiger partial charge in [-0.3, -0.25) is 4.79 Å². The van der Waals surface area contributed by atoms with E-state index in [1.54, 1.807) is 0 Å². The zero-order chi connectivity index (χ0) is 13.8. The van der Waals surface area contributed by atoms with Crippen LogP contribution in [0.4, 0.5) is 0 Å². The van der Waals surface area contributed by atoms with E-state index in [1.165, 1.54) is 44.9 Å². The van der Waals surface area contributed by atoms with Crippen molar-refractivity contribution in [3.63, 3.8) is 0 Å². The third-order valence-corrected chi connectivity index (χ3v) is 3.50. The number of unbranched alkanes of at least 4 members (excludes halogenated alkanes) is 8. The van der Waals surface area contributed by atoms with Gasteiger partial charge in [0.1, 0.15) is 0 Å². The van der Waals surface area contributed by atoms with Gasteiger partial charge in [0.15, 0.2) is 5.78 Å². The smallest absolute Gasteiger partial charge is 0.162 e. The number of hydrogen-bond acceptors (Lipinski definition) is 1. The molecule has 0 aliphatic heterocycles. The van der Waals surface area contributed by atoms with Gasteiger partial charge in [0.05, 0.1) is 0 Å². The molecule has 1 nitrogen and oxygen atoms in total. The Labute approximate surface area is 118 Å². The molecule has 1 aromatic rings. The van der Waals surface area contributed by atoms with Gasteiger partial charge >= 0.3 is 0 Å². The van der Waals surface area contributed by atoms with E-state index in [1.807, 2.05) is 30.3 Å². The quantitative estimate of drug-likeness (QED) is 0.373. The molecule has 0 N–H and O–H groups in total. The molecule has 0 heterocycles. The topological polar surface area (TPSA) is 17.1 Å². The Hall–Kier alpha value is -1.11. The van der Waals surface area contributed by atoms with Crippen LogP contribution in [0, 0.1) is 6.92 Å². The van der Waals surface area contributed by atoms with E-state index in [-0.39, 0.29) is 5.78 Å². The maximum absolute atomic E-state index is 11.8. The van der Waals surface area contributed by atoms with Crippen LogP contribution in [0.15, 0.2) is 30.3 Å². The van der Waals surface area contributed by atoms with Crippen LogP contribution in [0.3, 0.4) is 0 Å². The van der Waals surface area contributed by atoms with Gasteiger partial charge in [-0.05, 0) is 6.42 Å². The number of ketones is 1. The largest absolute Gasteiger partial charge is 0.294 e. The highest BCUT2D eigenvalue weighted by Crippen LogP contribution is 2.12. The molecule has 0 bridgehead atoms. The summed E-state index contributed by atoms with van der Waals surface area (Å²) in [6, 6.07) is 9.62. The van der Waals surface area contributed by atoms with Crippen molar-refractivity contribution >= 4 is 5.78 Å². The van der Waals surface area contributed by atoms with Gasteiger partial charge in [-0.25, -0.2) is 0 Å². The highest BCUT2D eigenvalue weighted by atomic mass is 16.1. The van der Waals surface area contributed by atoms with Gasteiger partial charge in [-0.1, -0.05) is 88.6 Å². The van der Waals surface area contributed by atoms with E-state index in [0.29, 0.717) is 6.42 Å². The van der Waals surface area contributed by atoms with Gasteiger partial charge in [-0.15, -0.1) is 0 Å². The van der Waals surface area contributed by atoms with Crippen molar-refractivity contribution in [3.8, 4) is 0 Å². The number of carbonyl (C=O) groups is 1. The molecule has 105 valence electrons. The van der Waals surface area contributed by atoms with Crippen molar-refractivity contribution in [1.29, 1.82) is 0 Å². The number of benzene rings is 1. The zero-order valence-electron chi connectivity index (χ0n) is 12.1. The normalized spacial score (nSPS) is 10.6. The molecular formula is C18H27O. The molecule has 1 radical (unpaired) electrons. The Morgan fingerprint density at radius 3 is 1.89 bits per heavy atom. The molecule has 0 unspecified atom stereocenters. The summed E-state index contributed by atoms with van der Waals surface area (Å²) in [5.41, 5.74) is 0.857. The molecule has 0 fully saturated rings. The Kier molecular flexibility index (Phi) is 9.05. The van der Waals surface area contributed by atoms with E-state index in [4.69, 9.17) is 0 Å². The Morgan fingerprint density at radius 1 is 0.789 bits per heavy atom. The Balaban J connectivity index is 1.95. The van der Waals surface area contributed by atoms with E-state index >= 15 is 0 Å². The van der Waals surface area contributed by atoms with Crippen LogP contribution < -0.4 is 0 Å². The van der Waals surface area contributed by atoms with Crippen LogP contribution in [0.1, 0.15) is 74.6 Å². The maximum Gasteiger partial charge on any atom is 0.162 e. The van der Waals surface area contributed by atoms with E-state index in [9.17, 15) is 4.79 Å². The molecule has 1 rings (SSSR count). The first-order valence-corrected chi connectivity index (χ1v) is 7.72. The van der Waals surface area contributed by atoms with Crippen LogP contribution in [0.5, 0.6) is 0 Å². The minimum absolute atomic E-state index is 0.288. The predicted octanol–water partition coefficient (Wildman–Crippen LogP) is 5.60. The number of carbonyl (C=O) groups excluding carboxylic acids is 1. The van der Waals surface area contributed by atoms with Crippen molar-refractivity contribution in [3.05, 3.63) is 42.8 Å². The second kappa shape index (κ2) is 10.8. The van der Waals surface area contributed by atoms with Crippen molar-refractivity contribution in [2.24, 2.45) is 0 Å². The van der Waals surface area contributed by atoms with Crippen molar-refractivity contribution in [2.45, 2.75) is 64.2 Å². The van der Waals surface area contributed by atoms with Crippen molar-refractivity contribution in [1.82, 2.24) is 0 Å². The Morgan fingerprint density at radius 2 is 1.32 bits per heavy atom. The molecule has 0 spiro atoms. The SMILES string of the molecule is [CH2]CCCCCCCCCCC(=O)c1ccccc1. The third-order valence-electron chi connectivity index (χ3n) is 3.50. The standard InChI is InChI=1S/C18H27O/c1-2-3-4-5-6-7-8-9-13-16-18(19)17-14-11-10-12-15-17/h10-12,14-15H,1-9,13,16H2. The highest BCUT2D eigenvalue weighted by Gasteiger charge is 2.03. The maximum atomic E-state index is 11.8. The second-order valence-electron chi connectivity index (χ2n) is 5.22. The van der Waals surface area contributed by atoms with E-state index < -0.39 is 0 Å². The van der Waals surface area contributed by atoms with Gasteiger partial charge < -0.3 is 0 Å². The van der Waals surface area contributed by atoms with Crippen LogP contribution in [0.25, 0.3) is 0 Å². The third kappa shape index (κ3) is 7.81. The van der Waals surface area contributed by atoms with E-state index in [2.05, 4.69) is 6.92 Å². The number of hydrogen-bond donors (Lipinski definition) is 0. The number of rotatable bonds is 11. The van der Waals surface area contributed by atoms with Crippen LogP contribution in [-0.2, 0) is 0 Å². The summed E-state index contributed by atoms with van der Waals surface area (Å²) in [5.74, 6) is 0.288. The molecule has 0 amide bonds. The van der Waals surface area contributed by atoms with E-state index in [0.717, 1.165) is 18.4 Å². The van der Waals surface area contributed by atoms with Gasteiger partial charge in [0.2, 0.25) is 0 Å². The summed E-state index contributed by atoms with van der Waals surface area (Å²) in [6.07, 6.45) is 11.9. The molecule has 0 aliphatic carbocycles. The fraction of sp³-hybridized carbons (Fsp3) is 0.556. The lowest BCUT2D eigenvalue weighted by molar-refractivity contribution is 0.0979. The fourth-order valence-electron chi connectivity index (χ4n) is 2.29. The molecule has 0 aliphatic rings. The lowest BCUT2D eigenvalue weighted by atomic mass is 10.0. The van der Waals surface area contributed by atoms with Gasteiger partial charge in [0.25, 0.3) is 0 Å². The summed E-state index contributed by atoms with van der Waals surface area (Å²) in [6.45, 7) is 3.85. The van der Waals surface area contributed by atoms with Crippen LogP contribution in [-0.4, -0.2) is 5.78 Å². The highest BCUT2D eigenvalue weighted by molar-refractivity contribution is 5.95. The lowest BCUT2D eigenvalue weighted by Crippen LogP contribution is -1.98. The Bertz CT molecular complexity index is 329. The summed E-state index contributed by atoms with van der Waals surface area (Å²) < 4.78 is 0. The average Bonchev–Trinajstić information content (AvgIpc) is 2.46. The minimum Gasteiger partial charge on any atom is -0.294 e. The molecule has 0 aromatic heterocycles. The van der Waals surface area contributed by atoms with Crippen LogP contribution >= 0.6 is 0 Å². The average molecular weight is 259 g/mol. The molecule has 0 saturated carbocycles. The van der Waals surface area contributed by atoms with Crippen LogP contribution in [0.2, 0.25) is 0 Å². The first-order chi connectivity index (χ1) is 9.34. The summed E-state index contributed by atoms with van der Waals surface area (Å²) >= 11 is 0. The van der Waals surface area contributed by atoms with Gasteiger partial charge in [0, 0.05) is 12.0 Å². The first-order valence-electron chi connectivity index (χ1n) is 7.72. The molecular weight excluding hydrogens is 232 g/mol. The molecule has 1 heteroatoms. The monoisotopic (exact) mass is 259 g/mol. The second-order valence-corrected chi connectivity index (χ2v) is 5.22. The molecule has 19 heavy (non-hydrogen) atoms. The fourth-order valence-corrected chi connectivity index (χ4v) is 2.29. The molecule has 1 aromatic carbocycles. The lowest BCUT2D eigenvalue weighted by Gasteiger charge is -2.02. The number of Topliss-reactive ketones (excluding diaryl/α,β-unsaturated/α-hetero) is 1. The van der Waals surface area contributed by atoms with Gasteiger partial charge in [-0.2, -0.15) is 0 Å².